The third-order valence-corrected chi connectivity index (χ3v) is 3.65. The van der Waals surface area contributed by atoms with Gasteiger partial charge < -0.3 is 10.4 Å². The molecule has 17 heavy (non-hydrogen) atoms. The Kier molecular flexibility index (Phi) is 4.28. The van der Waals surface area contributed by atoms with Crippen molar-refractivity contribution in [2.75, 3.05) is 0 Å². The first-order valence-corrected chi connectivity index (χ1v) is 6.24. The lowest BCUT2D eigenvalue weighted by molar-refractivity contribution is -0.146. The Morgan fingerprint density at radius 1 is 1.35 bits per heavy atom. The highest BCUT2D eigenvalue weighted by Gasteiger charge is 2.23. The lowest BCUT2D eigenvalue weighted by atomic mass is 10.1. The number of carbonyl (C=O) groups is 2. The average Bonchev–Trinajstić information content (AvgIpc) is 2.56. The molecule has 1 rings (SSSR count). The molecule has 2 N–H and O–H groups in total. The monoisotopic (exact) mass is 255 g/mol. The zero-order valence-corrected chi connectivity index (χ0v) is 11.2. The van der Waals surface area contributed by atoms with Crippen molar-refractivity contribution in [3.63, 3.8) is 0 Å². The molecule has 2 unspecified atom stereocenters. The summed E-state index contributed by atoms with van der Waals surface area (Å²) < 4.78 is 0. The number of hydrogen-bond donors (Lipinski definition) is 2. The van der Waals surface area contributed by atoms with Gasteiger partial charge in [-0.25, -0.2) is 0 Å². The molecular weight excluding hydrogens is 238 g/mol. The van der Waals surface area contributed by atoms with Crippen LogP contribution in [-0.2, 0) is 9.59 Å². The van der Waals surface area contributed by atoms with E-state index in [-0.39, 0.29) is 6.04 Å². The van der Waals surface area contributed by atoms with Crippen LogP contribution in [0.2, 0.25) is 0 Å². The Labute approximate surface area is 105 Å². The van der Waals surface area contributed by atoms with Gasteiger partial charge in [0, 0.05) is 9.75 Å². The Morgan fingerprint density at radius 3 is 2.35 bits per heavy atom. The number of hydrogen-bond acceptors (Lipinski definition) is 3. The number of carboxylic acid groups (broad SMARTS) is 1. The smallest absolute Gasteiger partial charge is 0.315 e. The second kappa shape index (κ2) is 5.31. The summed E-state index contributed by atoms with van der Waals surface area (Å²) in [6, 6.07) is 1.87. The number of aliphatic carboxylic acids is 1. The molecule has 1 aromatic heterocycles. The number of carboxylic acids is 1. The Hall–Kier alpha value is -1.36. The summed E-state index contributed by atoms with van der Waals surface area (Å²) in [5, 5.41) is 11.5. The average molecular weight is 255 g/mol. The summed E-state index contributed by atoms with van der Waals surface area (Å²) in [7, 11) is 0. The third-order valence-electron chi connectivity index (χ3n) is 2.67. The van der Waals surface area contributed by atoms with E-state index in [1.54, 1.807) is 11.3 Å². The molecule has 0 radical (unpaired) electrons. The van der Waals surface area contributed by atoms with Crippen LogP contribution >= 0.6 is 11.3 Å². The van der Waals surface area contributed by atoms with Crippen LogP contribution in [0, 0.1) is 19.8 Å². The zero-order chi connectivity index (χ0) is 13.2. The molecule has 4 nitrogen and oxygen atoms in total. The van der Waals surface area contributed by atoms with Crippen LogP contribution in [0.5, 0.6) is 0 Å². The van der Waals surface area contributed by atoms with Gasteiger partial charge >= 0.3 is 5.97 Å². The van der Waals surface area contributed by atoms with Crippen LogP contribution in [0.25, 0.3) is 0 Å². The summed E-state index contributed by atoms with van der Waals surface area (Å²) >= 11 is 1.67. The SMILES string of the molecule is Cc1cc(C(C)NC(=O)C(C)C(=O)O)c(C)s1. The maximum atomic E-state index is 11.6. The molecule has 94 valence electrons. The number of aryl methyl sites for hydroxylation is 2. The van der Waals surface area contributed by atoms with Crippen molar-refractivity contribution in [3.8, 4) is 0 Å². The van der Waals surface area contributed by atoms with Gasteiger partial charge in [-0.2, -0.15) is 0 Å². The zero-order valence-electron chi connectivity index (χ0n) is 10.4. The van der Waals surface area contributed by atoms with Gasteiger partial charge in [-0.3, -0.25) is 9.59 Å². The van der Waals surface area contributed by atoms with Crippen molar-refractivity contribution in [2.45, 2.75) is 33.7 Å². The van der Waals surface area contributed by atoms with Gasteiger partial charge in [0.05, 0.1) is 6.04 Å². The fraction of sp³-hybridized carbons (Fsp3) is 0.500. The minimum atomic E-state index is -1.10. The molecule has 2 atom stereocenters. The van der Waals surface area contributed by atoms with Gasteiger partial charge in [-0.05, 0) is 39.3 Å². The van der Waals surface area contributed by atoms with E-state index in [2.05, 4.69) is 5.32 Å². The largest absolute Gasteiger partial charge is 0.481 e. The second-order valence-corrected chi connectivity index (χ2v) is 5.62. The van der Waals surface area contributed by atoms with Crippen molar-refractivity contribution in [1.82, 2.24) is 5.32 Å². The molecule has 0 aliphatic heterocycles. The second-order valence-electron chi connectivity index (χ2n) is 4.16. The van der Waals surface area contributed by atoms with Crippen molar-refractivity contribution >= 4 is 23.2 Å². The fourth-order valence-corrected chi connectivity index (χ4v) is 2.63. The molecule has 0 bridgehead atoms. The first-order chi connectivity index (χ1) is 7.82. The topological polar surface area (TPSA) is 66.4 Å². The van der Waals surface area contributed by atoms with Crippen LogP contribution in [0.15, 0.2) is 6.07 Å². The lowest BCUT2D eigenvalue weighted by Crippen LogP contribution is -2.35. The number of thiophene rings is 1. The molecule has 0 aromatic carbocycles. The van der Waals surface area contributed by atoms with Gasteiger partial charge in [0.25, 0.3) is 0 Å². The van der Waals surface area contributed by atoms with Crippen LogP contribution in [0.3, 0.4) is 0 Å². The van der Waals surface area contributed by atoms with Crippen LogP contribution in [0.1, 0.15) is 35.2 Å². The van der Waals surface area contributed by atoms with E-state index in [1.807, 2.05) is 26.8 Å². The van der Waals surface area contributed by atoms with E-state index in [1.165, 1.54) is 11.8 Å². The maximum Gasteiger partial charge on any atom is 0.315 e. The molecule has 0 aliphatic rings. The molecular formula is C12H17NO3S. The van der Waals surface area contributed by atoms with Crippen LogP contribution in [0.4, 0.5) is 0 Å². The van der Waals surface area contributed by atoms with Crippen molar-refractivity contribution < 1.29 is 14.7 Å². The Bertz CT molecular complexity index is 439. The van der Waals surface area contributed by atoms with Gasteiger partial charge in [0.15, 0.2) is 0 Å². The highest BCUT2D eigenvalue weighted by molar-refractivity contribution is 7.12. The molecule has 0 fully saturated rings. The molecule has 1 heterocycles. The standard InChI is InChI=1S/C12H17NO3S/c1-6-5-10(9(4)17-6)8(3)13-11(14)7(2)12(15)16/h5,7-8H,1-4H3,(H,13,14)(H,15,16). The predicted octanol–water partition coefficient (Wildman–Crippen LogP) is 2.26. The molecule has 0 spiro atoms. The van der Waals surface area contributed by atoms with Gasteiger partial charge in [-0.1, -0.05) is 0 Å². The molecule has 1 amide bonds. The van der Waals surface area contributed by atoms with E-state index >= 15 is 0 Å². The molecule has 0 saturated heterocycles. The number of amides is 1. The van der Waals surface area contributed by atoms with E-state index < -0.39 is 17.8 Å². The Balaban J connectivity index is 2.73. The first kappa shape index (κ1) is 13.7. The number of nitrogens with one attached hydrogen (secondary N) is 1. The van der Waals surface area contributed by atoms with Gasteiger partial charge in [0.2, 0.25) is 5.91 Å². The summed E-state index contributed by atoms with van der Waals surface area (Å²) in [6.45, 7) is 7.25. The minimum Gasteiger partial charge on any atom is -0.481 e. The highest BCUT2D eigenvalue weighted by atomic mass is 32.1. The Morgan fingerprint density at radius 2 is 1.94 bits per heavy atom. The first-order valence-electron chi connectivity index (χ1n) is 5.43. The molecule has 1 aromatic rings. The quantitative estimate of drug-likeness (QED) is 0.811. The van der Waals surface area contributed by atoms with Crippen LogP contribution in [-0.4, -0.2) is 17.0 Å². The lowest BCUT2D eigenvalue weighted by Gasteiger charge is -2.15. The maximum absolute atomic E-state index is 11.6. The molecule has 0 saturated carbocycles. The predicted molar refractivity (Wildman–Crippen MR) is 67.2 cm³/mol. The van der Waals surface area contributed by atoms with Crippen molar-refractivity contribution in [2.24, 2.45) is 5.92 Å². The number of carbonyl (C=O) groups excluding carboxylic acids is 1. The van der Waals surface area contributed by atoms with Crippen molar-refractivity contribution in [1.29, 1.82) is 0 Å². The van der Waals surface area contributed by atoms with Crippen molar-refractivity contribution in [3.05, 3.63) is 21.4 Å². The van der Waals surface area contributed by atoms with E-state index in [0.29, 0.717) is 0 Å². The van der Waals surface area contributed by atoms with E-state index in [4.69, 9.17) is 5.11 Å². The normalized spacial score (nSPS) is 14.1. The van der Waals surface area contributed by atoms with Gasteiger partial charge in [-0.15, -0.1) is 11.3 Å². The minimum absolute atomic E-state index is 0.158. The van der Waals surface area contributed by atoms with Crippen LogP contribution < -0.4 is 5.32 Å². The summed E-state index contributed by atoms with van der Waals surface area (Å²) in [4.78, 5) is 24.6. The van der Waals surface area contributed by atoms with E-state index in [9.17, 15) is 9.59 Å². The molecule has 5 heteroatoms. The fourth-order valence-electron chi connectivity index (χ4n) is 1.61. The summed E-state index contributed by atoms with van der Waals surface area (Å²) in [5.41, 5.74) is 1.05. The summed E-state index contributed by atoms with van der Waals surface area (Å²) in [6.07, 6.45) is 0. The highest BCUT2D eigenvalue weighted by Crippen LogP contribution is 2.26. The summed E-state index contributed by atoms with van der Waals surface area (Å²) in [5.74, 6) is -2.57. The van der Waals surface area contributed by atoms with E-state index in [0.717, 1.165) is 10.4 Å². The molecule has 0 aliphatic carbocycles. The third kappa shape index (κ3) is 3.30. The number of rotatable bonds is 4. The van der Waals surface area contributed by atoms with Gasteiger partial charge in [0.1, 0.15) is 5.92 Å².